The number of unbranched alkanes of at least 4 members (excludes halogenated alkanes) is 3. The van der Waals surface area contributed by atoms with Crippen molar-refractivity contribution in [2.45, 2.75) is 65.4 Å². The van der Waals surface area contributed by atoms with Crippen molar-refractivity contribution in [3.05, 3.63) is 83.9 Å². The van der Waals surface area contributed by atoms with E-state index in [4.69, 9.17) is 18.9 Å². The van der Waals surface area contributed by atoms with Crippen LogP contribution in [-0.4, -0.2) is 37.2 Å². The molecular weight excluding hydrogens is 508 g/mol. The molecule has 212 valence electrons. The number of hydrogen-bond acceptors (Lipinski definition) is 7. The zero-order valence-electron chi connectivity index (χ0n) is 23.5. The maximum Gasteiger partial charge on any atom is 0.343 e. The predicted octanol–water partition coefficient (Wildman–Crippen LogP) is 7.42. The highest BCUT2D eigenvalue weighted by Gasteiger charge is 2.14. The molecule has 3 aromatic carbocycles. The van der Waals surface area contributed by atoms with Gasteiger partial charge in [-0.2, -0.15) is 0 Å². The molecule has 3 aromatic rings. The van der Waals surface area contributed by atoms with E-state index in [-0.39, 0.29) is 18.0 Å². The molecule has 1 atom stereocenters. The lowest BCUT2D eigenvalue weighted by Crippen LogP contribution is -2.15. The molecule has 7 heteroatoms. The van der Waals surface area contributed by atoms with Gasteiger partial charge in [-0.05, 0) is 79.4 Å². The third kappa shape index (κ3) is 10.2. The number of carbonyl (C=O) groups excluding carboxylic acids is 3. The number of benzene rings is 3. The molecule has 0 amide bonds. The summed E-state index contributed by atoms with van der Waals surface area (Å²) in [6, 6.07) is 21.1. The van der Waals surface area contributed by atoms with Gasteiger partial charge in [0, 0.05) is 13.3 Å². The Bertz CT molecular complexity index is 1220. The maximum atomic E-state index is 12.6. The lowest BCUT2D eigenvalue weighted by atomic mass is 10.0. The van der Waals surface area contributed by atoms with Crippen LogP contribution in [0.25, 0.3) is 11.1 Å². The Balaban J connectivity index is 1.47. The van der Waals surface area contributed by atoms with Crippen LogP contribution in [0.3, 0.4) is 0 Å². The fraction of sp³-hybridized carbons (Fsp3) is 0.364. The van der Waals surface area contributed by atoms with Crippen molar-refractivity contribution in [2.24, 2.45) is 0 Å². The summed E-state index contributed by atoms with van der Waals surface area (Å²) in [4.78, 5) is 35.8. The van der Waals surface area contributed by atoms with E-state index in [0.29, 0.717) is 36.5 Å². The molecule has 0 N–H and O–H groups in total. The highest BCUT2D eigenvalue weighted by Crippen LogP contribution is 2.24. The number of ether oxygens (including phenoxy) is 4. The Morgan fingerprint density at radius 1 is 0.675 bits per heavy atom. The van der Waals surface area contributed by atoms with Crippen molar-refractivity contribution >= 4 is 17.9 Å². The zero-order chi connectivity index (χ0) is 28.7. The molecule has 0 fully saturated rings. The lowest BCUT2D eigenvalue weighted by molar-refractivity contribution is -0.141. The van der Waals surface area contributed by atoms with E-state index in [1.165, 1.54) is 19.8 Å². The Morgan fingerprint density at radius 3 is 1.88 bits per heavy atom. The van der Waals surface area contributed by atoms with Crippen LogP contribution in [0.4, 0.5) is 0 Å². The number of esters is 3. The second-order valence-corrected chi connectivity index (χ2v) is 9.62. The van der Waals surface area contributed by atoms with Crippen LogP contribution >= 0.6 is 0 Å². The van der Waals surface area contributed by atoms with Crippen LogP contribution in [0.15, 0.2) is 72.8 Å². The molecule has 40 heavy (non-hydrogen) atoms. The highest BCUT2D eigenvalue weighted by atomic mass is 16.5. The molecule has 0 unspecified atom stereocenters. The number of carbonyl (C=O) groups is 3. The molecule has 0 saturated carbocycles. The summed E-state index contributed by atoms with van der Waals surface area (Å²) in [6.45, 7) is 6.24. The normalized spacial score (nSPS) is 11.4. The van der Waals surface area contributed by atoms with E-state index in [1.54, 1.807) is 36.4 Å². The molecule has 0 bridgehead atoms. The van der Waals surface area contributed by atoms with Gasteiger partial charge in [0.1, 0.15) is 11.5 Å². The molecular formula is C33H38O7. The molecule has 0 radical (unpaired) electrons. The van der Waals surface area contributed by atoms with Crippen LogP contribution in [0.2, 0.25) is 0 Å². The first kappa shape index (κ1) is 30.4. The molecule has 0 aliphatic carbocycles. The van der Waals surface area contributed by atoms with Gasteiger partial charge >= 0.3 is 17.9 Å². The van der Waals surface area contributed by atoms with Crippen LogP contribution in [0.1, 0.15) is 80.0 Å². The summed E-state index contributed by atoms with van der Waals surface area (Å²) in [5, 5.41) is 0. The summed E-state index contributed by atoms with van der Waals surface area (Å²) < 4.78 is 21.6. The minimum absolute atomic E-state index is 0.138. The third-order valence-electron chi connectivity index (χ3n) is 6.24. The molecule has 0 spiro atoms. The number of hydrogen-bond donors (Lipinski definition) is 0. The first-order chi connectivity index (χ1) is 19.4. The zero-order valence-corrected chi connectivity index (χ0v) is 23.5. The highest BCUT2D eigenvalue weighted by molar-refractivity contribution is 5.92. The minimum Gasteiger partial charge on any atom is -0.493 e. The fourth-order valence-corrected chi connectivity index (χ4v) is 4.00. The van der Waals surface area contributed by atoms with Gasteiger partial charge in [-0.25, -0.2) is 9.59 Å². The Morgan fingerprint density at radius 2 is 1.25 bits per heavy atom. The van der Waals surface area contributed by atoms with Crippen molar-refractivity contribution in [2.75, 3.05) is 13.2 Å². The second kappa shape index (κ2) is 16.1. The predicted molar refractivity (Wildman–Crippen MR) is 154 cm³/mol. The first-order valence-corrected chi connectivity index (χ1v) is 13.9. The molecule has 0 heterocycles. The summed E-state index contributed by atoms with van der Waals surface area (Å²) >= 11 is 0. The van der Waals surface area contributed by atoms with Crippen molar-refractivity contribution in [3.63, 3.8) is 0 Å². The van der Waals surface area contributed by atoms with Gasteiger partial charge in [-0.3, -0.25) is 4.79 Å². The van der Waals surface area contributed by atoms with Crippen molar-refractivity contribution in [3.8, 4) is 22.6 Å². The van der Waals surface area contributed by atoms with E-state index in [0.717, 1.165) is 36.1 Å². The lowest BCUT2D eigenvalue weighted by Gasteiger charge is -2.13. The van der Waals surface area contributed by atoms with E-state index >= 15 is 0 Å². The van der Waals surface area contributed by atoms with Crippen molar-refractivity contribution < 1.29 is 33.3 Å². The molecule has 0 aliphatic heterocycles. The van der Waals surface area contributed by atoms with Crippen LogP contribution in [0.5, 0.6) is 11.5 Å². The number of rotatable bonds is 15. The third-order valence-corrected chi connectivity index (χ3v) is 6.24. The smallest absolute Gasteiger partial charge is 0.343 e. The second-order valence-electron chi connectivity index (χ2n) is 9.62. The van der Waals surface area contributed by atoms with E-state index in [9.17, 15) is 14.4 Å². The average Bonchev–Trinajstić information content (AvgIpc) is 2.96. The Hall–Kier alpha value is -4.13. The van der Waals surface area contributed by atoms with Gasteiger partial charge in [-0.1, -0.05) is 50.5 Å². The summed E-state index contributed by atoms with van der Waals surface area (Å²) in [6.07, 6.45) is 5.88. The average molecular weight is 547 g/mol. The summed E-state index contributed by atoms with van der Waals surface area (Å²) in [7, 11) is 0. The monoisotopic (exact) mass is 546 g/mol. The quantitative estimate of drug-likeness (QED) is 0.111. The van der Waals surface area contributed by atoms with E-state index in [2.05, 4.69) is 6.92 Å². The molecule has 0 aliphatic rings. The largest absolute Gasteiger partial charge is 0.493 e. The topological polar surface area (TPSA) is 88.1 Å². The van der Waals surface area contributed by atoms with Gasteiger partial charge in [0.05, 0.1) is 30.4 Å². The van der Waals surface area contributed by atoms with Gasteiger partial charge in [0.2, 0.25) is 0 Å². The van der Waals surface area contributed by atoms with Gasteiger partial charge in [-0.15, -0.1) is 0 Å². The van der Waals surface area contributed by atoms with Crippen molar-refractivity contribution in [1.82, 2.24) is 0 Å². The van der Waals surface area contributed by atoms with Crippen molar-refractivity contribution in [1.29, 1.82) is 0 Å². The van der Waals surface area contributed by atoms with E-state index < -0.39 is 5.97 Å². The van der Waals surface area contributed by atoms with Crippen LogP contribution < -0.4 is 9.47 Å². The SMILES string of the molecule is CCCCCC[C@H](C)OC(=O)c1ccc(OC(=O)c2ccc(-c3ccc(OCCCOC(C)=O)cc3)cc2)cc1. The minimum atomic E-state index is -0.486. The van der Waals surface area contributed by atoms with Gasteiger partial charge in [0.15, 0.2) is 0 Å². The van der Waals surface area contributed by atoms with Crippen LogP contribution in [0, 0.1) is 0 Å². The fourth-order valence-electron chi connectivity index (χ4n) is 4.00. The molecule has 7 nitrogen and oxygen atoms in total. The Labute approximate surface area is 236 Å². The van der Waals surface area contributed by atoms with Gasteiger partial charge < -0.3 is 18.9 Å². The molecule has 3 rings (SSSR count). The standard InChI is InChI=1S/C33H38O7/c1-4-5-6-7-9-24(2)39-32(35)29-16-20-31(21-17-29)40-33(36)28-12-10-26(11-13-28)27-14-18-30(19-15-27)38-23-8-22-37-25(3)34/h10-21,24H,4-9,22-23H2,1-3H3/t24-/m0/s1. The van der Waals surface area contributed by atoms with E-state index in [1.807, 2.05) is 43.3 Å². The van der Waals surface area contributed by atoms with Crippen LogP contribution in [-0.2, 0) is 14.3 Å². The maximum absolute atomic E-state index is 12.6. The molecule has 0 saturated heterocycles. The Kier molecular flexibility index (Phi) is 12.2. The summed E-state index contributed by atoms with van der Waals surface area (Å²) in [5.41, 5.74) is 2.75. The van der Waals surface area contributed by atoms with Gasteiger partial charge in [0.25, 0.3) is 0 Å². The summed E-state index contributed by atoms with van der Waals surface area (Å²) in [5.74, 6) is -0.0883. The first-order valence-electron chi connectivity index (χ1n) is 13.9. The molecule has 0 aromatic heterocycles.